The number of rotatable bonds is 3. The Bertz CT molecular complexity index is 1180. The third-order valence-electron chi connectivity index (χ3n) is 6.78. The maximum absolute atomic E-state index is 14.3. The zero-order valence-corrected chi connectivity index (χ0v) is 19.5. The van der Waals surface area contributed by atoms with Gasteiger partial charge in [-0.05, 0) is 67.4 Å². The van der Waals surface area contributed by atoms with E-state index in [1.165, 1.54) is 11.6 Å². The van der Waals surface area contributed by atoms with Crippen molar-refractivity contribution in [2.75, 3.05) is 29.9 Å². The van der Waals surface area contributed by atoms with Gasteiger partial charge in [-0.25, -0.2) is 9.18 Å². The Labute approximate surface area is 202 Å². The Balaban J connectivity index is 1.36. The van der Waals surface area contributed by atoms with Crippen LogP contribution in [0.2, 0.25) is 10.0 Å². The molecule has 4 nitrogen and oxygen atoms in total. The predicted octanol–water partition coefficient (Wildman–Crippen LogP) is 6.72. The number of piperidine rings is 1. The number of nitrogens with zero attached hydrogens (tertiary/aromatic N) is 2. The van der Waals surface area contributed by atoms with Gasteiger partial charge in [-0.1, -0.05) is 59.6 Å². The fourth-order valence-electron chi connectivity index (χ4n) is 5.01. The predicted molar refractivity (Wildman–Crippen MR) is 132 cm³/mol. The third kappa shape index (κ3) is 4.33. The number of nitrogens with one attached hydrogen (secondary N) is 1. The van der Waals surface area contributed by atoms with Gasteiger partial charge in [0.2, 0.25) is 0 Å². The average molecular weight is 484 g/mol. The highest BCUT2D eigenvalue weighted by Crippen LogP contribution is 2.47. The van der Waals surface area contributed by atoms with Crippen molar-refractivity contribution >= 4 is 40.6 Å². The number of likely N-dealkylation sites (tertiary alicyclic amines) is 1. The van der Waals surface area contributed by atoms with Gasteiger partial charge in [0, 0.05) is 24.2 Å². The highest BCUT2D eigenvalue weighted by molar-refractivity contribution is 6.44. The summed E-state index contributed by atoms with van der Waals surface area (Å²) in [4.78, 5) is 17.4. The first-order valence-corrected chi connectivity index (χ1v) is 11.8. The fourth-order valence-corrected chi connectivity index (χ4v) is 5.36. The van der Waals surface area contributed by atoms with Gasteiger partial charge in [0.1, 0.15) is 5.82 Å². The van der Waals surface area contributed by atoms with Crippen LogP contribution in [0, 0.1) is 5.82 Å². The number of hydrogen-bond acceptors (Lipinski definition) is 2. The molecule has 2 aliphatic heterocycles. The molecule has 3 aromatic carbocycles. The van der Waals surface area contributed by atoms with Crippen molar-refractivity contribution in [3.63, 3.8) is 0 Å². The molecule has 0 atom stereocenters. The Kier molecular flexibility index (Phi) is 6.04. The van der Waals surface area contributed by atoms with Crippen molar-refractivity contribution < 1.29 is 9.18 Å². The molecule has 7 heteroatoms. The van der Waals surface area contributed by atoms with Gasteiger partial charge < -0.3 is 5.32 Å². The summed E-state index contributed by atoms with van der Waals surface area (Å²) < 4.78 is 14.3. The molecule has 1 N–H and O–H groups in total. The van der Waals surface area contributed by atoms with Crippen LogP contribution in [0.5, 0.6) is 0 Å². The number of halogens is 3. The van der Waals surface area contributed by atoms with E-state index in [2.05, 4.69) is 34.5 Å². The lowest BCUT2D eigenvalue weighted by atomic mass is 9.74. The SMILES string of the molecule is O=C(Nc1cccc(Cl)c1Cl)N1CC2(CCN(Cc3ccccc3)CC2)c2cc(F)ccc21. The second kappa shape index (κ2) is 8.98. The molecule has 0 aliphatic carbocycles. The zero-order chi connectivity index (χ0) is 23.0. The van der Waals surface area contributed by atoms with E-state index in [0.29, 0.717) is 22.3 Å². The molecule has 5 rings (SSSR count). The molecule has 0 saturated carbocycles. The number of hydrogen-bond donors (Lipinski definition) is 1. The summed E-state index contributed by atoms with van der Waals surface area (Å²) in [6.45, 7) is 3.18. The topological polar surface area (TPSA) is 35.6 Å². The number of carbonyl (C=O) groups is 1. The largest absolute Gasteiger partial charge is 0.326 e. The van der Waals surface area contributed by atoms with Crippen molar-refractivity contribution in [3.05, 3.63) is 93.7 Å². The summed E-state index contributed by atoms with van der Waals surface area (Å²) in [7, 11) is 0. The fraction of sp³-hybridized carbons (Fsp3) is 0.269. The molecule has 3 aromatic rings. The molecule has 2 heterocycles. The van der Waals surface area contributed by atoms with Crippen LogP contribution in [0.3, 0.4) is 0 Å². The molecule has 2 aliphatic rings. The zero-order valence-electron chi connectivity index (χ0n) is 18.0. The van der Waals surface area contributed by atoms with Crippen LogP contribution in [0.1, 0.15) is 24.0 Å². The highest BCUT2D eigenvalue weighted by Gasteiger charge is 2.46. The minimum atomic E-state index is -0.296. The Morgan fingerprint density at radius 3 is 2.52 bits per heavy atom. The number of fused-ring (bicyclic) bond motifs is 2. The first kappa shape index (κ1) is 22.2. The van der Waals surface area contributed by atoms with E-state index in [1.807, 2.05) is 6.07 Å². The molecule has 1 spiro atoms. The summed E-state index contributed by atoms with van der Waals surface area (Å²) in [5.74, 6) is -0.278. The van der Waals surface area contributed by atoms with Crippen LogP contribution >= 0.6 is 23.2 Å². The monoisotopic (exact) mass is 483 g/mol. The molecule has 0 radical (unpaired) electrons. The van der Waals surface area contributed by atoms with Gasteiger partial charge >= 0.3 is 6.03 Å². The van der Waals surface area contributed by atoms with Crippen LogP contribution in [-0.4, -0.2) is 30.6 Å². The molecule has 1 saturated heterocycles. The van der Waals surface area contributed by atoms with E-state index >= 15 is 0 Å². The Morgan fingerprint density at radius 2 is 1.76 bits per heavy atom. The molecule has 0 unspecified atom stereocenters. The van der Waals surface area contributed by atoms with Crippen molar-refractivity contribution in [3.8, 4) is 0 Å². The molecule has 170 valence electrons. The maximum Gasteiger partial charge on any atom is 0.326 e. The van der Waals surface area contributed by atoms with Gasteiger partial charge in [0.15, 0.2) is 0 Å². The van der Waals surface area contributed by atoms with E-state index < -0.39 is 0 Å². The first-order chi connectivity index (χ1) is 15.9. The van der Waals surface area contributed by atoms with Crippen molar-refractivity contribution in [1.29, 1.82) is 0 Å². The Morgan fingerprint density at radius 1 is 1.00 bits per heavy atom. The number of anilines is 2. The van der Waals surface area contributed by atoms with E-state index in [4.69, 9.17) is 23.2 Å². The Hall–Kier alpha value is -2.60. The lowest BCUT2D eigenvalue weighted by Crippen LogP contribution is -2.46. The summed E-state index contributed by atoms with van der Waals surface area (Å²) in [5.41, 5.74) is 3.14. The number of carbonyl (C=O) groups excluding carboxylic acids is 1. The van der Waals surface area contributed by atoms with Crippen molar-refractivity contribution in [1.82, 2.24) is 4.90 Å². The van der Waals surface area contributed by atoms with Crippen molar-refractivity contribution in [2.24, 2.45) is 0 Å². The van der Waals surface area contributed by atoms with E-state index in [-0.39, 0.29) is 17.3 Å². The number of benzene rings is 3. The lowest BCUT2D eigenvalue weighted by molar-refractivity contribution is 0.160. The van der Waals surface area contributed by atoms with Gasteiger partial charge in [0.25, 0.3) is 0 Å². The minimum Gasteiger partial charge on any atom is -0.306 e. The quantitative estimate of drug-likeness (QED) is 0.448. The molecule has 0 bridgehead atoms. The standard InChI is InChI=1S/C26H24Cl2FN3O/c27-21-7-4-8-22(24(21)28)30-25(33)32-17-26(20-15-19(29)9-10-23(20)32)11-13-31(14-12-26)16-18-5-2-1-3-6-18/h1-10,15H,11-14,16-17H2,(H,30,33). The molecular formula is C26H24Cl2FN3O. The second-order valence-corrected chi connectivity index (χ2v) is 9.61. The van der Waals surface area contributed by atoms with Gasteiger partial charge in [-0.3, -0.25) is 9.80 Å². The molecular weight excluding hydrogens is 460 g/mol. The first-order valence-electron chi connectivity index (χ1n) is 11.0. The minimum absolute atomic E-state index is 0.264. The molecule has 33 heavy (non-hydrogen) atoms. The molecule has 1 fully saturated rings. The van der Waals surface area contributed by atoms with E-state index in [9.17, 15) is 9.18 Å². The van der Waals surface area contributed by atoms with Crippen molar-refractivity contribution in [2.45, 2.75) is 24.8 Å². The number of urea groups is 1. The maximum atomic E-state index is 14.3. The summed E-state index contributed by atoms with van der Waals surface area (Å²) in [6, 6.07) is 19.9. The summed E-state index contributed by atoms with van der Waals surface area (Å²) >= 11 is 12.4. The van der Waals surface area contributed by atoms with E-state index in [0.717, 1.165) is 43.7 Å². The second-order valence-electron chi connectivity index (χ2n) is 8.82. The van der Waals surface area contributed by atoms with Gasteiger partial charge in [0.05, 0.1) is 15.7 Å². The molecule has 2 amide bonds. The van der Waals surface area contributed by atoms with Crippen LogP contribution < -0.4 is 10.2 Å². The van der Waals surface area contributed by atoms with E-state index in [1.54, 1.807) is 35.2 Å². The smallest absolute Gasteiger partial charge is 0.306 e. The average Bonchev–Trinajstić information content (AvgIpc) is 3.13. The van der Waals surface area contributed by atoms with Crippen LogP contribution in [0.15, 0.2) is 66.7 Å². The highest BCUT2D eigenvalue weighted by atomic mass is 35.5. The normalized spacial score (nSPS) is 17.2. The number of amides is 2. The van der Waals surface area contributed by atoms with Crippen LogP contribution in [0.4, 0.5) is 20.6 Å². The third-order valence-corrected chi connectivity index (χ3v) is 7.60. The summed E-state index contributed by atoms with van der Waals surface area (Å²) in [5, 5.41) is 3.55. The summed E-state index contributed by atoms with van der Waals surface area (Å²) in [6.07, 6.45) is 1.72. The molecule has 0 aromatic heterocycles. The van der Waals surface area contributed by atoms with Gasteiger partial charge in [-0.2, -0.15) is 0 Å². The lowest BCUT2D eigenvalue weighted by Gasteiger charge is -2.40. The van der Waals surface area contributed by atoms with Crippen LogP contribution in [-0.2, 0) is 12.0 Å². The van der Waals surface area contributed by atoms with Crippen LogP contribution in [0.25, 0.3) is 0 Å². The van der Waals surface area contributed by atoms with Gasteiger partial charge in [-0.15, -0.1) is 0 Å².